The molecule has 0 aromatic carbocycles. The van der Waals surface area contributed by atoms with Crippen LogP contribution in [0.5, 0.6) is 0 Å². The Hall–Kier alpha value is -0.270. The second-order valence-electron chi connectivity index (χ2n) is 7.35. The van der Waals surface area contributed by atoms with Gasteiger partial charge in [-0.25, -0.2) is 0 Å². The molecule has 1 saturated heterocycles. The molecule has 0 radical (unpaired) electrons. The van der Waals surface area contributed by atoms with Crippen molar-refractivity contribution < 1.29 is 24.8 Å². The maximum atomic E-state index is 10.0. The molecular weight excluding hydrogens is 352 g/mol. The molecule has 5 nitrogen and oxygen atoms in total. The Labute approximate surface area is 164 Å². The van der Waals surface area contributed by atoms with Gasteiger partial charge in [0.05, 0.1) is 13.2 Å². The molecule has 1 aliphatic heterocycles. The van der Waals surface area contributed by atoms with Crippen LogP contribution in [0, 0.1) is 0 Å². The van der Waals surface area contributed by atoms with Crippen molar-refractivity contribution in [3.05, 3.63) is 0 Å². The second kappa shape index (κ2) is 14.7. The Morgan fingerprint density at radius 3 is 2.04 bits per heavy atom. The zero-order valence-corrected chi connectivity index (χ0v) is 17.1. The fourth-order valence-electron chi connectivity index (χ4n) is 3.30. The summed E-state index contributed by atoms with van der Waals surface area (Å²) >= 11 is 5.25. The Kier molecular flexibility index (Phi) is 13.5. The Bertz CT molecular complexity index is 364. The SMILES string of the molecule is CCCCCCCCCCCCCC(=S)O[C@@H]1[C@@H](O)[C@H](O)CO[C@H]1CO. The summed E-state index contributed by atoms with van der Waals surface area (Å²) < 4.78 is 10.9. The van der Waals surface area contributed by atoms with Crippen LogP contribution in [-0.4, -0.2) is 58.0 Å². The number of aliphatic hydroxyl groups excluding tert-OH is 3. The maximum absolute atomic E-state index is 10.0. The fraction of sp³-hybridized carbons (Fsp3) is 0.950. The average Bonchev–Trinajstić information content (AvgIpc) is 2.63. The van der Waals surface area contributed by atoms with Gasteiger partial charge in [0, 0.05) is 6.42 Å². The molecular formula is C20H38O5S. The number of ether oxygens (including phenoxy) is 2. The molecule has 1 fully saturated rings. The van der Waals surface area contributed by atoms with Crippen molar-refractivity contribution >= 4 is 17.3 Å². The first-order valence-electron chi connectivity index (χ1n) is 10.4. The number of hydrogen-bond donors (Lipinski definition) is 3. The zero-order valence-electron chi connectivity index (χ0n) is 16.3. The number of unbranched alkanes of at least 4 members (excludes halogenated alkanes) is 10. The first-order chi connectivity index (χ1) is 12.6. The van der Waals surface area contributed by atoms with Gasteiger partial charge in [0.15, 0.2) is 11.2 Å². The molecule has 6 heteroatoms. The predicted molar refractivity (Wildman–Crippen MR) is 107 cm³/mol. The van der Waals surface area contributed by atoms with E-state index < -0.39 is 24.4 Å². The van der Waals surface area contributed by atoms with Gasteiger partial charge in [0.2, 0.25) is 0 Å². The molecule has 4 atom stereocenters. The van der Waals surface area contributed by atoms with Crippen LogP contribution in [0.1, 0.15) is 84.0 Å². The third-order valence-corrected chi connectivity index (χ3v) is 5.31. The molecule has 1 rings (SSSR count). The monoisotopic (exact) mass is 390 g/mol. The summed E-state index contributed by atoms with van der Waals surface area (Å²) in [5, 5.41) is 29.4. The third-order valence-electron chi connectivity index (χ3n) is 5.01. The van der Waals surface area contributed by atoms with Gasteiger partial charge in [-0.05, 0) is 18.6 Å². The summed E-state index contributed by atoms with van der Waals surface area (Å²) in [5.41, 5.74) is 0. The van der Waals surface area contributed by atoms with Crippen molar-refractivity contribution in [3.63, 3.8) is 0 Å². The van der Waals surface area contributed by atoms with Gasteiger partial charge in [-0.1, -0.05) is 71.1 Å². The minimum Gasteiger partial charge on any atom is -0.478 e. The van der Waals surface area contributed by atoms with Gasteiger partial charge in [0.1, 0.15) is 18.3 Å². The molecule has 0 unspecified atom stereocenters. The van der Waals surface area contributed by atoms with Crippen LogP contribution < -0.4 is 0 Å². The van der Waals surface area contributed by atoms with E-state index in [1.165, 1.54) is 57.8 Å². The Morgan fingerprint density at radius 1 is 0.962 bits per heavy atom. The van der Waals surface area contributed by atoms with Gasteiger partial charge in [0.25, 0.3) is 0 Å². The molecule has 0 amide bonds. The highest BCUT2D eigenvalue weighted by Gasteiger charge is 2.40. The van der Waals surface area contributed by atoms with Gasteiger partial charge >= 0.3 is 0 Å². The Balaban J connectivity index is 2.04. The van der Waals surface area contributed by atoms with E-state index >= 15 is 0 Å². The minimum atomic E-state index is -1.09. The first-order valence-corrected chi connectivity index (χ1v) is 10.8. The van der Waals surface area contributed by atoms with Gasteiger partial charge in [-0.15, -0.1) is 0 Å². The van der Waals surface area contributed by atoms with E-state index in [1.54, 1.807) is 0 Å². The molecule has 3 N–H and O–H groups in total. The van der Waals surface area contributed by atoms with E-state index in [1.807, 2.05) is 0 Å². The lowest BCUT2D eigenvalue weighted by Gasteiger charge is -2.37. The van der Waals surface area contributed by atoms with E-state index in [-0.39, 0.29) is 13.2 Å². The molecule has 0 aromatic rings. The third kappa shape index (κ3) is 9.60. The zero-order chi connectivity index (χ0) is 19.2. The van der Waals surface area contributed by atoms with Crippen LogP contribution in [-0.2, 0) is 9.47 Å². The van der Waals surface area contributed by atoms with Crippen molar-refractivity contribution in [2.24, 2.45) is 0 Å². The predicted octanol–water partition coefficient (Wildman–Crippen LogP) is 3.51. The Morgan fingerprint density at radius 2 is 1.50 bits per heavy atom. The van der Waals surface area contributed by atoms with E-state index in [0.717, 1.165) is 12.8 Å². The van der Waals surface area contributed by atoms with E-state index in [9.17, 15) is 15.3 Å². The maximum Gasteiger partial charge on any atom is 0.160 e. The normalized spacial score (nSPS) is 26.0. The van der Waals surface area contributed by atoms with E-state index in [4.69, 9.17) is 21.7 Å². The fourth-order valence-corrected chi connectivity index (χ4v) is 3.56. The average molecular weight is 391 g/mol. The van der Waals surface area contributed by atoms with E-state index in [2.05, 4.69) is 6.92 Å². The lowest BCUT2D eigenvalue weighted by atomic mass is 10.0. The smallest absolute Gasteiger partial charge is 0.160 e. The second-order valence-corrected chi connectivity index (χ2v) is 7.81. The lowest BCUT2D eigenvalue weighted by molar-refractivity contribution is -0.190. The van der Waals surface area contributed by atoms with Crippen LogP contribution in [0.25, 0.3) is 0 Å². The van der Waals surface area contributed by atoms with Crippen LogP contribution in [0.4, 0.5) is 0 Å². The number of aliphatic hydroxyl groups is 3. The summed E-state index contributed by atoms with van der Waals surface area (Å²) in [6, 6.07) is 0. The molecule has 154 valence electrons. The van der Waals surface area contributed by atoms with E-state index in [0.29, 0.717) is 11.5 Å². The molecule has 0 aliphatic carbocycles. The summed E-state index contributed by atoms with van der Waals surface area (Å²) in [4.78, 5) is 0. The first kappa shape index (κ1) is 23.8. The van der Waals surface area contributed by atoms with Gasteiger partial charge in [-0.2, -0.15) is 0 Å². The molecule has 0 bridgehead atoms. The minimum absolute atomic E-state index is 0.00236. The van der Waals surface area contributed by atoms with Crippen molar-refractivity contribution in [2.45, 2.75) is 108 Å². The van der Waals surface area contributed by atoms with Gasteiger partial charge < -0.3 is 24.8 Å². The summed E-state index contributed by atoms with van der Waals surface area (Å²) in [6.07, 6.45) is 11.1. The summed E-state index contributed by atoms with van der Waals surface area (Å²) in [6.45, 7) is 1.98. The molecule has 1 aliphatic rings. The molecule has 26 heavy (non-hydrogen) atoms. The summed E-state index contributed by atoms with van der Waals surface area (Å²) in [5.74, 6) is 0. The van der Waals surface area contributed by atoms with Crippen LogP contribution in [0.3, 0.4) is 0 Å². The highest BCUT2D eigenvalue weighted by atomic mass is 32.1. The highest BCUT2D eigenvalue weighted by Crippen LogP contribution is 2.20. The van der Waals surface area contributed by atoms with Crippen LogP contribution in [0.2, 0.25) is 0 Å². The molecule has 0 spiro atoms. The summed E-state index contributed by atoms with van der Waals surface area (Å²) in [7, 11) is 0. The van der Waals surface area contributed by atoms with Crippen molar-refractivity contribution in [3.8, 4) is 0 Å². The molecule has 0 aromatic heterocycles. The topological polar surface area (TPSA) is 79.2 Å². The van der Waals surface area contributed by atoms with Crippen molar-refractivity contribution in [1.29, 1.82) is 0 Å². The highest BCUT2D eigenvalue weighted by molar-refractivity contribution is 7.80. The number of thiocarbonyl (C=S) groups is 1. The van der Waals surface area contributed by atoms with Crippen LogP contribution in [0.15, 0.2) is 0 Å². The molecule has 0 saturated carbocycles. The van der Waals surface area contributed by atoms with Crippen molar-refractivity contribution in [1.82, 2.24) is 0 Å². The van der Waals surface area contributed by atoms with Crippen molar-refractivity contribution in [2.75, 3.05) is 13.2 Å². The number of rotatable bonds is 14. The number of hydrogen-bond acceptors (Lipinski definition) is 6. The van der Waals surface area contributed by atoms with Gasteiger partial charge in [-0.3, -0.25) is 0 Å². The molecule has 1 heterocycles. The standard InChI is InChI=1S/C20H38O5S/c1-2-3-4-5-6-7-8-9-10-11-12-13-18(26)25-20-17(14-21)24-15-16(22)19(20)23/h16-17,19-23H,2-15H2,1H3/t16-,17+,19+,20+/m1/s1. The lowest BCUT2D eigenvalue weighted by Crippen LogP contribution is -2.55. The van der Waals surface area contributed by atoms with Crippen LogP contribution >= 0.6 is 12.2 Å². The quantitative estimate of drug-likeness (QED) is 0.311. The largest absolute Gasteiger partial charge is 0.478 e.